The Balaban J connectivity index is -0.000000454. The Bertz CT molecular complexity index is 374. The molecule has 1 heterocycles. The summed E-state index contributed by atoms with van der Waals surface area (Å²) in [6.45, 7) is 21.5. The van der Waals surface area contributed by atoms with Crippen LogP contribution >= 0.6 is 0 Å². The average Bonchev–Trinajstić information content (AvgIpc) is 2.58. The van der Waals surface area contributed by atoms with Crippen LogP contribution in [-0.4, -0.2) is 40.1 Å². The first-order valence-electron chi connectivity index (χ1n) is 9.66. The lowest BCUT2D eigenvalue weighted by atomic mass is 10.1. The van der Waals surface area contributed by atoms with Gasteiger partial charge in [0.2, 0.25) is 11.9 Å². The van der Waals surface area contributed by atoms with Gasteiger partial charge in [-0.3, -0.25) is 0 Å². The second kappa shape index (κ2) is 18.9. The van der Waals surface area contributed by atoms with Gasteiger partial charge in [-0.2, -0.15) is 4.98 Å². The lowest BCUT2D eigenvalue weighted by Gasteiger charge is -2.20. The van der Waals surface area contributed by atoms with Gasteiger partial charge in [0.05, 0.1) is 0 Å². The van der Waals surface area contributed by atoms with Crippen molar-refractivity contribution in [2.75, 3.05) is 24.2 Å². The van der Waals surface area contributed by atoms with Gasteiger partial charge in [0.15, 0.2) is 0 Å². The zero-order chi connectivity index (χ0) is 20.3. The molecular weight excluding hydrogens is 312 g/mol. The molecule has 0 unspecified atom stereocenters. The molecule has 0 aromatic carbocycles. The second-order valence-corrected chi connectivity index (χ2v) is 6.23. The van der Waals surface area contributed by atoms with Gasteiger partial charge < -0.3 is 16.0 Å². The van der Waals surface area contributed by atoms with E-state index in [-0.39, 0.29) is 5.54 Å². The van der Waals surface area contributed by atoms with E-state index in [0.29, 0.717) is 17.9 Å². The number of anilines is 2. The van der Waals surface area contributed by atoms with Crippen molar-refractivity contribution in [2.45, 2.75) is 93.7 Å². The molecule has 6 heteroatoms. The minimum absolute atomic E-state index is 0.0396. The third-order valence-electron chi connectivity index (χ3n) is 2.45. The maximum absolute atomic E-state index is 4.29. The Labute approximate surface area is 157 Å². The van der Waals surface area contributed by atoms with Crippen molar-refractivity contribution in [3.8, 4) is 0 Å². The van der Waals surface area contributed by atoms with E-state index >= 15 is 0 Å². The summed E-state index contributed by atoms with van der Waals surface area (Å²) in [7, 11) is 1.95. The minimum atomic E-state index is -0.0396. The van der Waals surface area contributed by atoms with Crippen molar-refractivity contribution < 1.29 is 0 Å². The zero-order valence-corrected chi connectivity index (χ0v) is 18.6. The van der Waals surface area contributed by atoms with Crippen molar-refractivity contribution >= 4 is 11.9 Å². The van der Waals surface area contributed by atoms with Crippen LogP contribution in [0.4, 0.5) is 11.9 Å². The highest BCUT2D eigenvalue weighted by atomic mass is 15.2. The highest BCUT2D eigenvalue weighted by Gasteiger charge is 2.11. The SMILES string of the molecule is CC.CC.CCCCNc1ncnc(NC(C)(C)C)n1.CNC(C)C. The Kier molecular flexibility index (Phi) is 21.5. The van der Waals surface area contributed by atoms with Gasteiger partial charge in [-0.05, 0) is 34.2 Å². The van der Waals surface area contributed by atoms with Crippen LogP contribution in [0.2, 0.25) is 0 Å². The summed E-state index contributed by atoms with van der Waals surface area (Å²) in [5.41, 5.74) is -0.0396. The van der Waals surface area contributed by atoms with Crippen molar-refractivity contribution in [3.05, 3.63) is 6.33 Å². The smallest absolute Gasteiger partial charge is 0.227 e. The first-order valence-corrected chi connectivity index (χ1v) is 9.66. The highest BCUT2D eigenvalue weighted by molar-refractivity contribution is 5.34. The molecule has 3 N–H and O–H groups in total. The Hall–Kier alpha value is -1.43. The molecule has 0 aliphatic heterocycles. The Morgan fingerprint density at radius 3 is 1.88 bits per heavy atom. The maximum atomic E-state index is 4.29. The van der Waals surface area contributed by atoms with E-state index in [0.717, 1.165) is 19.4 Å². The number of nitrogens with one attached hydrogen (secondary N) is 3. The standard InChI is InChI=1S/C11H21N5.C4H11N.2C2H6/c1-5-6-7-12-9-13-8-14-10(15-9)16-11(2,3)4;1-4(2)5-3;2*1-2/h8H,5-7H2,1-4H3,(H2,12,13,14,15,16);4-5H,1-3H3;2*1-2H3. The first-order chi connectivity index (χ1) is 11.8. The number of rotatable bonds is 6. The molecule has 150 valence electrons. The van der Waals surface area contributed by atoms with Gasteiger partial charge in [0.1, 0.15) is 6.33 Å². The van der Waals surface area contributed by atoms with Crippen LogP contribution in [0.5, 0.6) is 0 Å². The molecule has 0 fully saturated rings. The van der Waals surface area contributed by atoms with Gasteiger partial charge in [-0.15, -0.1) is 0 Å². The molecule has 0 radical (unpaired) electrons. The summed E-state index contributed by atoms with van der Waals surface area (Å²) < 4.78 is 0. The molecule has 1 rings (SSSR count). The molecule has 25 heavy (non-hydrogen) atoms. The quantitative estimate of drug-likeness (QED) is 0.625. The first kappa shape index (κ1) is 28.4. The molecule has 0 aliphatic rings. The fourth-order valence-electron chi connectivity index (χ4n) is 1.15. The van der Waals surface area contributed by atoms with Crippen molar-refractivity contribution in [1.29, 1.82) is 0 Å². The fourth-order valence-corrected chi connectivity index (χ4v) is 1.15. The van der Waals surface area contributed by atoms with E-state index in [2.05, 4.69) is 72.4 Å². The molecule has 0 aliphatic carbocycles. The molecule has 1 aromatic rings. The van der Waals surface area contributed by atoms with Crippen LogP contribution < -0.4 is 16.0 Å². The molecule has 0 saturated heterocycles. The van der Waals surface area contributed by atoms with Crippen LogP contribution in [0.1, 0.15) is 82.1 Å². The van der Waals surface area contributed by atoms with E-state index in [4.69, 9.17) is 0 Å². The second-order valence-electron chi connectivity index (χ2n) is 6.23. The molecule has 0 atom stereocenters. The van der Waals surface area contributed by atoms with Gasteiger partial charge in [-0.25, -0.2) is 9.97 Å². The molecule has 0 spiro atoms. The predicted octanol–water partition coefficient (Wildman–Crippen LogP) is 4.96. The lowest BCUT2D eigenvalue weighted by molar-refractivity contribution is 0.625. The van der Waals surface area contributed by atoms with Gasteiger partial charge in [0, 0.05) is 18.1 Å². The largest absolute Gasteiger partial charge is 0.354 e. The normalized spacial score (nSPS) is 9.60. The van der Waals surface area contributed by atoms with Crippen LogP contribution in [-0.2, 0) is 0 Å². The maximum Gasteiger partial charge on any atom is 0.227 e. The van der Waals surface area contributed by atoms with Crippen LogP contribution in [0.25, 0.3) is 0 Å². The van der Waals surface area contributed by atoms with E-state index in [1.54, 1.807) is 0 Å². The molecule has 0 bridgehead atoms. The van der Waals surface area contributed by atoms with E-state index < -0.39 is 0 Å². The van der Waals surface area contributed by atoms with E-state index in [1.807, 2.05) is 34.7 Å². The molecular formula is C19H44N6. The number of aromatic nitrogens is 3. The van der Waals surface area contributed by atoms with Gasteiger partial charge in [-0.1, -0.05) is 54.9 Å². The molecule has 0 saturated carbocycles. The summed E-state index contributed by atoms with van der Waals surface area (Å²) >= 11 is 0. The molecule has 1 aromatic heterocycles. The zero-order valence-electron chi connectivity index (χ0n) is 18.6. The number of hydrogen-bond acceptors (Lipinski definition) is 6. The third kappa shape index (κ3) is 22.6. The summed E-state index contributed by atoms with van der Waals surface area (Å²) in [5, 5.41) is 9.41. The summed E-state index contributed by atoms with van der Waals surface area (Å²) in [4.78, 5) is 12.4. The van der Waals surface area contributed by atoms with Crippen molar-refractivity contribution in [2.24, 2.45) is 0 Å². The Morgan fingerprint density at radius 1 is 1.00 bits per heavy atom. The van der Waals surface area contributed by atoms with Crippen LogP contribution in [0, 0.1) is 0 Å². The lowest BCUT2D eigenvalue weighted by Crippen LogP contribution is -2.27. The summed E-state index contributed by atoms with van der Waals surface area (Å²) in [6, 6.07) is 0.634. The van der Waals surface area contributed by atoms with Crippen LogP contribution in [0.3, 0.4) is 0 Å². The van der Waals surface area contributed by atoms with Gasteiger partial charge >= 0.3 is 0 Å². The van der Waals surface area contributed by atoms with Crippen LogP contribution in [0.15, 0.2) is 6.33 Å². The summed E-state index contributed by atoms with van der Waals surface area (Å²) in [6.07, 6.45) is 3.80. The van der Waals surface area contributed by atoms with Crippen molar-refractivity contribution in [1.82, 2.24) is 20.3 Å². The minimum Gasteiger partial charge on any atom is -0.354 e. The van der Waals surface area contributed by atoms with E-state index in [9.17, 15) is 0 Å². The van der Waals surface area contributed by atoms with E-state index in [1.165, 1.54) is 6.33 Å². The topological polar surface area (TPSA) is 74.8 Å². The summed E-state index contributed by atoms with van der Waals surface area (Å²) in [5.74, 6) is 1.25. The predicted molar refractivity (Wildman–Crippen MR) is 113 cm³/mol. The molecule has 0 amide bonds. The third-order valence-corrected chi connectivity index (χ3v) is 2.45. The average molecular weight is 357 g/mol. The number of unbranched alkanes of at least 4 members (excludes halogenated alkanes) is 1. The fraction of sp³-hybridized carbons (Fsp3) is 0.842. The number of hydrogen-bond donors (Lipinski definition) is 3. The van der Waals surface area contributed by atoms with Crippen molar-refractivity contribution in [3.63, 3.8) is 0 Å². The Morgan fingerprint density at radius 2 is 1.48 bits per heavy atom. The van der Waals surface area contributed by atoms with Gasteiger partial charge in [0.25, 0.3) is 0 Å². The number of nitrogens with zero attached hydrogens (tertiary/aromatic N) is 3. The monoisotopic (exact) mass is 356 g/mol. The molecule has 6 nitrogen and oxygen atoms in total. The highest BCUT2D eigenvalue weighted by Crippen LogP contribution is 2.09.